The number of nitrogens with one attached hydrogen (secondary N) is 2. The van der Waals surface area contributed by atoms with E-state index < -0.39 is 5.56 Å². The van der Waals surface area contributed by atoms with Gasteiger partial charge in [0.15, 0.2) is 5.16 Å². The molecule has 0 aliphatic heterocycles. The summed E-state index contributed by atoms with van der Waals surface area (Å²) >= 11 is 1.06. The SMILES string of the molecule is O=C(CSc1nc(O)cc(=O)[nH]1)Nc1ccc2c3c(cccc13)CC2. The van der Waals surface area contributed by atoms with Gasteiger partial charge in [0, 0.05) is 11.1 Å². The third kappa shape index (κ3) is 3.10. The Kier molecular flexibility index (Phi) is 3.93. The van der Waals surface area contributed by atoms with Gasteiger partial charge in [0.1, 0.15) is 0 Å². The summed E-state index contributed by atoms with van der Waals surface area (Å²) in [5.74, 6) is -0.483. The fourth-order valence-electron chi connectivity index (χ4n) is 3.17. The summed E-state index contributed by atoms with van der Waals surface area (Å²) in [6.07, 6.45) is 2.08. The number of hydrogen-bond donors (Lipinski definition) is 3. The number of benzene rings is 2. The Hall–Kier alpha value is -2.80. The molecule has 0 saturated heterocycles. The fourth-order valence-corrected chi connectivity index (χ4v) is 3.84. The van der Waals surface area contributed by atoms with Crippen molar-refractivity contribution >= 4 is 34.1 Å². The van der Waals surface area contributed by atoms with Crippen molar-refractivity contribution in [3.8, 4) is 5.88 Å². The molecule has 1 amide bonds. The lowest BCUT2D eigenvalue weighted by molar-refractivity contribution is -0.113. The summed E-state index contributed by atoms with van der Waals surface area (Å²) in [5, 5.41) is 14.8. The maximum absolute atomic E-state index is 12.3. The van der Waals surface area contributed by atoms with Gasteiger partial charge in [-0.15, -0.1) is 0 Å². The molecule has 4 rings (SSSR count). The summed E-state index contributed by atoms with van der Waals surface area (Å²) in [5.41, 5.74) is 2.97. The zero-order valence-corrected chi connectivity index (χ0v) is 14.0. The molecule has 1 heterocycles. The number of amides is 1. The molecule has 25 heavy (non-hydrogen) atoms. The molecule has 126 valence electrons. The van der Waals surface area contributed by atoms with Crippen molar-refractivity contribution in [3.05, 3.63) is 57.9 Å². The molecule has 0 spiro atoms. The second kappa shape index (κ2) is 6.25. The van der Waals surface area contributed by atoms with Gasteiger partial charge in [-0.2, -0.15) is 4.98 Å². The Balaban J connectivity index is 1.52. The van der Waals surface area contributed by atoms with Crippen molar-refractivity contribution in [2.24, 2.45) is 0 Å². The summed E-state index contributed by atoms with van der Waals surface area (Å²) in [4.78, 5) is 29.8. The van der Waals surface area contributed by atoms with E-state index in [0.717, 1.165) is 41.7 Å². The number of nitrogens with zero attached hydrogens (tertiary/aromatic N) is 1. The molecule has 0 radical (unpaired) electrons. The molecule has 0 saturated carbocycles. The van der Waals surface area contributed by atoms with Crippen molar-refractivity contribution in [3.63, 3.8) is 0 Å². The van der Waals surface area contributed by atoms with Crippen molar-refractivity contribution < 1.29 is 9.90 Å². The van der Waals surface area contributed by atoms with E-state index in [1.165, 1.54) is 16.5 Å². The van der Waals surface area contributed by atoms with Crippen LogP contribution in [0.25, 0.3) is 10.8 Å². The predicted molar refractivity (Wildman–Crippen MR) is 97.2 cm³/mol. The first-order valence-electron chi connectivity index (χ1n) is 7.86. The number of anilines is 1. The minimum atomic E-state index is -0.456. The lowest BCUT2D eigenvalue weighted by Crippen LogP contribution is -2.15. The van der Waals surface area contributed by atoms with E-state index in [2.05, 4.69) is 27.4 Å². The van der Waals surface area contributed by atoms with E-state index >= 15 is 0 Å². The van der Waals surface area contributed by atoms with Crippen LogP contribution in [0.2, 0.25) is 0 Å². The Labute approximate surface area is 147 Å². The molecule has 0 atom stereocenters. The minimum Gasteiger partial charge on any atom is -0.493 e. The molecular formula is C18H15N3O3S. The average Bonchev–Trinajstić information content (AvgIpc) is 3.00. The standard InChI is InChI=1S/C18H15N3O3S/c22-14-8-15(23)21-18(20-14)25-9-16(24)19-13-7-6-11-5-4-10-2-1-3-12(13)17(10)11/h1-3,6-8H,4-5,9H2,(H,19,24)(H2,20,21,22,23). The topological polar surface area (TPSA) is 95.1 Å². The number of aromatic nitrogens is 2. The minimum absolute atomic E-state index is 0.0787. The number of rotatable bonds is 4. The normalized spacial score (nSPS) is 12.5. The summed E-state index contributed by atoms with van der Waals surface area (Å²) in [6.45, 7) is 0. The van der Waals surface area contributed by atoms with Crippen LogP contribution in [0.4, 0.5) is 5.69 Å². The van der Waals surface area contributed by atoms with Crippen LogP contribution >= 0.6 is 11.8 Å². The highest BCUT2D eigenvalue weighted by Gasteiger charge is 2.16. The second-order valence-corrected chi connectivity index (χ2v) is 6.82. The van der Waals surface area contributed by atoms with E-state index in [-0.39, 0.29) is 22.7 Å². The molecule has 2 aromatic carbocycles. The van der Waals surface area contributed by atoms with E-state index in [1.807, 2.05) is 18.2 Å². The highest BCUT2D eigenvalue weighted by molar-refractivity contribution is 7.99. The zero-order chi connectivity index (χ0) is 17.4. The molecule has 3 aromatic rings. The zero-order valence-electron chi connectivity index (χ0n) is 13.2. The second-order valence-electron chi connectivity index (χ2n) is 5.86. The first-order chi connectivity index (χ1) is 12.1. The first-order valence-corrected chi connectivity index (χ1v) is 8.85. The maximum atomic E-state index is 12.3. The molecule has 0 bridgehead atoms. The lowest BCUT2D eigenvalue weighted by atomic mass is 10.0. The third-order valence-corrected chi connectivity index (χ3v) is 5.07. The van der Waals surface area contributed by atoms with Crippen molar-refractivity contribution in [1.82, 2.24) is 9.97 Å². The molecule has 1 aromatic heterocycles. The average molecular weight is 353 g/mol. The lowest BCUT2D eigenvalue weighted by Gasteiger charge is -2.10. The molecule has 1 aliphatic carbocycles. The smallest absolute Gasteiger partial charge is 0.255 e. The quantitative estimate of drug-likeness (QED) is 0.495. The van der Waals surface area contributed by atoms with Crippen LogP contribution in [0.1, 0.15) is 11.1 Å². The van der Waals surface area contributed by atoms with Gasteiger partial charge in [-0.3, -0.25) is 9.59 Å². The fraction of sp³-hybridized carbons (Fsp3) is 0.167. The number of thioether (sulfide) groups is 1. The number of aryl methyl sites for hydroxylation is 2. The number of carbonyl (C=O) groups excluding carboxylic acids is 1. The van der Waals surface area contributed by atoms with Gasteiger partial charge >= 0.3 is 0 Å². The molecular weight excluding hydrogens is 338 g/mol. The van der Waals surface area contributed by atoms with Crippen LogP contribution in [0, 0.1) is 0 Å². The van der Waals surface area contributed by atoms with Gasteiger partial charge in [0.05, 0.1) is 11.8 Å². The van der Waals surface area contributed by atoms with Crippen LogP contribution in [0.5, 0.6) is 5.88 Å². The molecule has 6 nitrogen and oxygen atoms in total. The van der Waals surface area contributed by atoms with Crippen molar-refractivity contribution in [1.29, 1.82) is 0 Å². The van der Waals surface area contributed by atoms with Crippen LogP contribution in [-0.2, 0) is 17.6 Å². The van der Waals surface area contributed by atoms with E-state index in [4.69, 9.17) is 0 Å². The monoisotopic (exact) mass is 353 g/mol. The van der Waals surface area contributed by atoms with Gasteiger partial charge < -0.3 is 15.4 Å². The molecule has 7 heteroatoms. The van der Waals surface area contributed by atoms with E-state index in [1.54, 1.807) is 0 Å². The van der Waals surface area contributed by atoms with Crippen LogP contribution in [-0.4, -0.2) is 26.7 Å². The van der Waals surface area contributed by atoms with Gasteiger partial charge in [-0.1, -0.05) is 36.0 Å². The summed E-state index contributed by atoms with van der Waals surface area (Å²) < 4.78 is 0. The summed E-state index contributed by atoms with van der Waals surface area (Å²) in [6, 6.07) is 11.1. The largest absolute Gasteiger partial charge is 0.493 e. The Morgan fingerprint density at radius 2 is 2.04 bits per heavy atom. The molecule has 0 unspecified atom stereocenters. The highest BCUT2D eigenvalue weighted by Crippen LogP contribution is 2.35. The van der Waals surface area contributed by atoms with Gasteiger partial charge in [0.2, 0.25) is 11.8 Å². The van der Waals surface area contributed by atoms with Gasteiger partial charge in [0.25, 0.3) is 5.56 Å². The third-order valence-electron chi connectivity index (χ3n) is 4.20. The van der Waals surface area contributed by atoms with Gasteiger partial charge in [-0.25, -0.2) is 0 Å². The molecule has 1 aliphatic rings. The Bertz CT molecular complexity index is 1040. The van der Waals surface area contributed by atoms with Crippen LogP contribution in [0.3, 0.4) is 0 Å². The Morgan fingerprint density at radius 3 is 2.84 bits per heavy atom. The molecule has 3 N–H and O–H groups in total. The van der Waals surface area contributed by atoms with E-state index in [9.17, 15) is 14.7 Å². The van der Waals surface area contributed by atoms with Crippen LogP contribution < -0.4 is 10.9 Å². The number of carbonyl (C=O) groups is 1. The summed E-state index contributed by atoms with van der Waals surface area (Å²) in [7, 11) is 0. The highest BCUT2D eigenvalue weighted by atomic mass is 32.2. The number of H-pyrrole nitrogens is 1. The first kappa shape index (κ1) is 15.7. The van der Waals surface area contributed by atoms with Gasteiger partial charge in [-0.05, 0) is 35.4 Å². The van der Waals surface area contributed by atoms with E-state index in [0.29, 0.717) is 0 Å². The number of hydrogen-bond acceptors (Lipinski definition) is 5. The number of aromatic amines is 1. The van der Waals surface area contributed by atoms with Crippen molar-refractivity contribution in [2.45, 2.75) is 18.0 Å². The van der Waals surface area contributed by atoms with Crippen molar-refractivity contribution in [2.75, 3.05) is 11.1 Å². The maximum Gasteiger partial charge on any atom is 0.255 e. The number of aromatic hydroxyl groups is 1. The predicted octanol–water partition coefficient (Wildman–Crippen LogP) is 2.46. The molecule has 0 fully saturated rings. The Morgan fingerprint density at radius 1 is 1.24 bits per heavy atom. The van der Waals surface area contributed by atoms with Crippen LogP contribution in [0.15, 0.2) is 46.3 Å².